The van der Waals surface area contributed by atoms with Crippen LogP contribution in [-0.4, -0.2) is 30.4 Å². The summed E-state index contributed by atoms with van der Waals surface area (Å²) in [7, 11) is 0. The molecular formula is C19H17Cl2FN2O4. The molecule has 0 bridgehead atoms. The molecule has 2 aromatic carbocycles. The molecule has 28 heavy (non-hydrogen) atoms. The van der Waals surface area contributed by atoms with Crippen LogP contribution in [0.1, 0.15) is 22.8 Å². The van der Waals surface area contributed by atoms with Gasteiger partial charge in [0.25, 0.3) is 11.8 Å². The Hall–Kier alpha value is -2.64. The van der Waals surface area contributed by atoms with Gasteiger partial charge in [-0.2, -0.15) is 0 Å². The second-order valence-electron chi connectivity index (χ2n) is 5.79. The molecule has 0 radical (unpaired) electrons. The van der Waals surface area contributed by atoms with E-state index in [-0.39, 0.29) is 22.9 Å². The van der Waals surface area contributed by atoms with Crippen LogP contribution < -0.4 is 10.6 Å². The van der Waals surface area contributed by atoms with E-state index < -0.39 is 30.4 Å². The van der Waals surface area contributed by atoms with E-state index in [4.69, 9.17) is 27.9 Å². The van der Waals surface area contributed by atoms with Gasteiger partial charge in [-0.1, -0.05) is 35.3 Å². The van der Waals surface area contributed by atoms with Crippen molar-refractivity contribution in [2.75, 3.05) is 6.54 Å². The summed E-state index contributed by atoms with van der Waals surface area (Å²) in [4.78, 5) is 35.8. The SMILES string of the molecule is CC(OC(=O)CNC(=O)c1ccc(Cl)c(Cl)c1)C(=O)NCc1ccc(F)cc1. The molecule has 0 saturated carbocycles. The topological polar surface area (TPSA) is 84.5 Å². The normalized spacial score (nSPS) is 11.4. The first-order valence-corrected chi connectivity index (χ1v) is 8.96. The van der Waals surface area contributed by atoms with Gasteiger partial charge in [0.05, 0.1) is 10.0 Å². The Kier molecular flexibility index (Phi) is 7.78. The highest BCUT2D eigenvalue weighted by Crippen LogP contribution is 2.22. The lowest BCUT2D eigenvalue weighted by Crippen LogP contribution is -2.38. The number of rotatable bonds is 7. The molecule has 2 N–H and O–H groups in total. The first kappa shape index (κ1) is 21.7. The molecule has 0 aliphatic rings. The van der Waals surface area contributed by atoms with E-state index in [2.05, 4.69) is 10.6 Å². The molecule has 2 aromatic rings. The van der Waals surface area contributed by atoms with Crippen molar-refractivity contribution in [2.45, 2.75) is 19.6 Å². The summed E-state index contributed by atoms with van der Waals surface area (Å²) in [5.41, 5.74) is 0.925. The third-order valence-electron chi connectivity index (χ3n) is 3.63. The van der Waals surface area contributed by atoms with Crippen LogP contribution in [-0.2, 0) is 20.9 Å². The Bertz CT molecular complexity index is 875. The summed E-state index contributed by atoms with van der Waals surface area (Å²) < 4.78 is 17.8. The van der Waals surface area contributed by atoms with Crippen molar-refractivity contribution < 1.29 is 23.5 Å². The lowest BCUT2D eigenvalue weighted by molar-refractivity contribution is -0.153. The number of hydrogen-bond donors (Lipinski definition) is 2. The van der Waals surface area contributed by atoms with Crippen molar-refractivity contribution in [3.05, 3.63) is 69.5 Å². The zero-order valence-corrected chi connectivity index (χ0v) is 16.3. The summed E-state index contributed by atoms with van der Waals surface area (Å²) in [6, 6.07) is 9.92. The van der Waals surface area contributed by atoms with Crippen LogP contribution in [0.25, 0.3) is 0 Å². The van der Waals surface area contributed by atoms with Gasteiger partial charge in [-0.05, 0) is 42.8 Å². The molecule has 0 fully saturated rings. The molecule has 1 atom stereocenters. The number of amides is 2. The second-order valence-corrected chi connectivity index (χ2v) is 6.60. The van der Waals surface area contributed by atoms with E-state index in [0.717, 1.165) is 0 Å². The fourth-order valence-electron chi connectivity index (χ4n) is 2.12. The van der Waals surface area contributed by atoms with Crippen molar-refractivity contribution in [2.24, 2.45) is 0 Å². The molecule has 1 unspecified atom stereocenters. The van der Waals surface area contributed by atoms with Crippen LogP contribution in [0.5, 0.6) is 0 Å². The summed E-state index contributed by atoms with van der Waals surface area (Å²) in [5, 5.41) is 5.46. The van der Waals surface area contributed by atoms with Crippen LogP contribution in [0.3, 0.4) is 0 Å². The molecule has 0 aliphatic heterocycles. The maximum atomic E-state index is 12.8. The number of benzene rings is 2. The Morgan fingerprint density at radius 3 is 2.36 bits per heavy atom. The molecule has 0 aliphatic carbocycles. The molecule has 148 valence electrons. The summed E-state index contributed by atoms with van der Waals surface area (Å²) in [5.74, 6) is -2.21. The smallest absolute Gasteiger partial charge is 0.326 e. The molecule has 2 amide bonds. The summed E-state index contributed by atoms with van der Waals surface area (Å²) in [6.45, 7) is 1.14. The molecule has 2 rings (SSSR count). The van der Waals surface area contributed by atoms with E-state index in [1.54, 1.807) is 0 Å². The molecular weight excluding hydrogens is 410 g/mol. The lowest BCUT2D eigenvalue weighted by Gasteiger charge is -2.14. The highest BCUT2D eigenvalue weighted by Gasteiger charge is 2.18. The Labute approximate surface area is 171 Å². The number of nitrogens with one attached hydrogen (secondary N) is 2. The van der Waals surface area contributed by atoms with Gasteiger partial charge in [0.15, 0.2) is 6.10 Å². The number of esters is 1. The largest absolute Gasteiger partial charge is 0.451 e. The zero-order valence-electron chi connectivity index (χ0n) is 14.8. The predicted molar refractivity (Wildman–Crippen MR) is 103 cm³/mol. The first-order chi connectivity index (χ1) is 13.3. The van der Waals surface area contributed by atoms with E-state index >= 15 is 0 Å². The van der Waals surface area contributed by atoms with E-state index in [1.807, 2.05) is 0 Å². The lowest BCUT2D eigenvalue weighted by atomic mass is 10.2. The average molecular weight is 427 g/mol. The van der Waals surface area contributed by atoms with Crippen LogP contribution in [0.15, 0.2) is 42.5 Å². The van der Waals surface area contributed by atoms with Crippen molar-refractivity contribution in [1.29, 1.82) is 0 Å². The van der Waals surface area contributed by atoms with Crippen LogP contribution in [0.2, 0.25) is 10.0 Å². The molecule has 6 nitrogen and oxygen atoms in total. The summed E-state index contributed by atoms with van der Waals surface area (Å²) in [6.07, 6.45) is -1.06. The molecule has 0 heterocycles. The highest BCUT2D eigenvalue weighted by atomic mass is 35.5. The minimum atomic E-state index is -1.06. The Balaban J connectivity index is 1.76. The van der Waals surface area contributed by atoms with Gasteiger partial charge in [0.1, 0.15) is 12.4 Å². The maximum Gasteiger partial charge on any atom is 0.326 e. The minimum Gasteiger partial charge on any atom is -0.451 e. The zero-order chi connectivity index (χ0) is 20.7. The molecule has 9 heteroatoms. The van der Waals surface area contributed by atoms with E-state index in [9.17, 15) is 18.8 Å². The van der Waals surface area contributed by atoms with Crippen molar-refractivity contribution in [3.63, 3.8) is 0 Å². The fourth-order valence-corrected chi connectivity index (χ4v) is 2.42. The van der Waals surface area contributed by atoms with E-state index in [0.29, 0.717) is 10.6 Å². The fraction of sp³-hybridized carbons (Fsp3) is 0.211. The van der Waals surface area contributed by atoms with Crippen molar-refractivity contribution in [1.82, 2.24) is 10.6 Å². The minimum absolute atomic E-state index is 0.162. The highest BCUT2D eigenvalue weighted by molar-refractivity contribution is 6.42. The standard InChI is InChI=1S/C19H17Cl2FN2O4/c1-11(18(26)23-9-12-2-5-14(22)6-3-12)28-17(25)10-24-19(27)13-4-7-15(20)16(21)8-13/h2-8,11H,9-10H2,1H3,(H,23,26)(H,24,27). The Morgan fingerprint density at radius 1 is 1.04 bits per heavy atom. The van der Waals surface area contributed by atoms with Gasteiger partial charge in [-0.3, -0.25) is 14.4 Å². The van der Waals surface area contributed by atoms with Crippen molar-refractivity contribution in [3.8, 4) is 0 Å². The number of halogens is 3. The summed E-state index contributed by atoms with van der Waals surface area (Å²) >= 11 is 11.6. The number of carbonyl (C=O) groups excluding carboxylic acids is 3. The number of ether oxygens (including phenoxy) is 1. The first-order valence-electron chi connectivity index (χ1n) is 8.21. The number of hydrogen-bond acceptors (Lipinski definition) is 4. The second kappa shape index (κ2) is 10.1. The third kappa shape index (κ3) is 6.51. The van der Waals surface area contributed by atoms with Crippen LogP contribution in [0, 0.1) is 5.82 Å². The van der Waals surface area contributed by atoms with Crippen LogP contribution >= 0.6 is 23.2 Å². The monoisotopic (exact) mass is 426 g/mol. The van der Waals surface area contributed by atoms with Gasteiger partial charge < -0.3 is 15.4 Å². The third-order valence-corrected chi connectivity index (χ3v) is 4.37. The maximum absolute atomic E-state index is 12.8. The van der Waals surface area contributed by atoms with Gasteiger partial charge >= 0.3 is 5.97 Å². The quantitative estimate of drug-likeness (QED) is 0.666. The van der Waals surface area contributed by atoms with Crippen molar-refractivity contribution >= 4 is 41.0 Å². The molecule has 0 spiro atoms. The number of carbonyl (C=O) groups is 3. The van der Waals surface area contributed by atoms with Gasteiger partial charge in [-0.15, -0.1) is 0 Å². The Morgan fingerprint density at radius 2 is 1.71 bits per heavy atom. The van der Waals surface area contributed by atoms with Gasteiger partial charge in [-0.25, -0.2) is 4.39 Å². The van der Waals surface area contributed by atoms with E-state index in [1.165, 1.54) is 49.4 Å². The van der Waals surface area contributed by atoms with Crippen LogP contribution in [0.4, 0.5) is 4.39 Å². The average Bonchev–Trinajstić information content (AvgIpc) is 2.67. The predicted octanol–water partition coefficient (Wildman–Crippen LogP) is 3.11. The van der Waals surface area contributed by atoms with Gasteiger partial charge in [0.2, 0.25) is 0 Å². The molecule has 0 aromatic heterocycles. The molecule has 0 saturated heterocycles. The van der Waals surface area contributed by atoms with Gasteiger partial charge in [0, 0.05) is 12.1 Å².